The number of piperidine rings is 1. The first-order valence-electron chi connectivity index (χ1n) is 15.0. The van der Waals surface area contributed by atoms with Gasteiger partial charge in [0.1, 0.15) is 17.1 Å². The molecule has 0 unspecified atom stereocenters. The van der Waals surface area contributed by atoms with Crippen LogP contribution in [0.4, 0.5) is 10.2 Å². The molecule has 2 atom stereocenters. The van der Waals surface area contributed by atoms with E-state index < -0.39 is 5.82 Å². The number of pyridine rings is 2. The third-order valence-electron chi connectivity index (χ3n) is 9.31. The Morgan fingerprint density at radius 3 is 2.76 bits per heavy atom. The van der Waals surface area contributed by atoms with E-state index in [-0.39, 0.29) is 40.6 Å². The molecule has 2 fully saturated rings. The van der Waals surface area contributed by atoms with Gasteiger partial charge in [-0.05, 0) is 45.1 Å². The summed E-state index contributed by atoms with van der Waals surface area (Å²) in [4.78, 5) is 36.6. The van der Waals surface area contributed by atoms with Gasteiger partial charge in [0.2, 0.25) is 12.5 Å². The first kappa shape index (κ1) is 29.1. The van der Waals surface area contributed by atoms with E-state index in [1.807, 2.05) is 30.3 Å². The van der Waals surface area contributed by atoms with Gasteiger partial charge in [0.15, 0.2) is 11.6 Å². The topological polar surface area (TPSA) is 74.8 Å². The number of hydrogen-bond acceptors (Lipinski definition) is 6. The van der Waals surface area contributed by atoms with E-state index in [1.54, 1.807) is 23.5 Å². The van der Waals surface area contributed by atoms with Crippen LogP contribution in [0, 0.1) is 12.4 Å². The summed E-state index contributed by atoms with van der Waals surface area (Å²) in [7, 11) is 4.10. The number of imidazole rings is 1. The minimum Gasteiger partial charge on any atom is -0.351 e. The molecule has 5 aromatic rings. The Kier molecular flexibility index (Phi) is 7.38. The fourth-order valence-corrected chi connectivity index (χ4v) is 7.12. The van der Waals surface area contributed by atoms with Gasteiger partial charge >= 0.3 is 0 Å². The van der Waals surface area contributed by atoms with Crippen LogP contribution in [0.3, 0.4) is 0 Å². The number of likely N-dealkylation sites (N-methyl/N-ethyl adjacent to an activating group) is 1. The van der Waals surface area contributed by atoms with Gasteiger partial charge in [-0.15, -0.1) is 0 Å². The average molecular weight is 623 g/mol. The summed E-state index contributed by atoms with van der Waals surface area (Å²) in [6, 6.07) is 11.3. The fraction of sp³-hybridized carbons (Fsp3) is 0.324. The molecule has 0 bridgehead atoms. The summed E-state index contributed by atoms with van der Waals surface area (Å²) in [6.07, 6.45) is 6.00. The fourth-order valence-electron chi connectivity index (χ4n) is 6.82. The lowest BCUT2D eigenvalue weighted by molar-refractivity contribution is -0.129. The molecule has 0 saturated carbocycles. The van der Waals surface area contributed by atoms with E-state index in [9.17, 15) is 4.79 Å². The number of carbonyl (C=O) groups excluding carboxylic acids is 1. The lowest BCUT2D eigenvalue weighted by Gasteiger charge is -2.43. The highest BCUT2D eigenvalue weighted by molar-refractivity contribution is 6.35. The van der Waals surface area contributed by atoms with Gasteiger partial charge in [0, 0.05) is 59.8 Å². The van der Waals surface area contributed by atoms with Gasteiger partial charge in [-0.3, -0.25) is 9.78 Å². The van der Waals surface area contributed by atoms with Gasteiger partial charge in [-0.2, -0.15) is 0 Å². The molecule has 5 heterocycles. The van der Waals surface area contributed by atoms with Crippen LogP contribution >= 0.6 is 11.6 Å². The van der Waals surface area contributed by atoms with Crippen LogP contribution in [-0.2, 0) is 4.79 Å². The molecule has 7 rings (SSSR count). The third-order valence-corrected chi connectivity index (χ3v) is 9.60. The van der Waals surface area contributed by atoms with Crippen LogP contribution in [0.2, 0.25) is 5.02 Å². The van der Waals surface area contributed by atoms with Crippen molar-refractivity contribution in [3.05, 3.63) is 83.8 Å². The van der Waals surface area contributed by atoms with Gasteiger partial charge in [0.25, 0.3) is 0 Å². The highest BCUT2D eigenvalue weighted by atomic mass is 35.5. The van der Waals surface area contributed by atoms with Crippen molar-refractivity contribution in [1.29, 1.82) is 0 Å². The maximum atomic E-state index is 16.9. The Balaban J connectivity index is 1.43. The third kappa shape index (κ3) is 4.78. The number of hydrogen-bond donors (Lipinski definition) is 0. The second-order valence-electron chi connectivity index (χ2n) is 12.0. The molecule has 3 aromatic heterocycles. The Labute approximate surface area is 265 Å². The van der Waals surface area contributed by atoms with Crippen LogP contribution < -0.4 is 4.90 Å². The van der Waals surface area contributed by atoms with Crippen LogP contribution in [0.15, 0.2) is 61.6 Å². The molecular formula is C34H32ClFN8O. The van der Waals surface area contributed by atoms with Crippen molar-refractivity contribution < 1.29 is 9.18 Å². The number of aromatic nitrogens is 4. The number of anilines is 1. The Hall–Kier alpha value is -4.59. The Morgan fingerprint density at radius 2 is 2.00 bits per heavy atom. The molecule has 2 aromatic carbocycles. The predicted octanol–water partition coefficient (Wildman–Crippen LogP) is 5.98. The second kappa shape index (κ2) is 11.4. The van der Waals surface area contributed by atoms with E-state index in [1.165, 1.54) is 6.08 Å². The first-order chi connectivity index (χ1) is 21.8. The summed E-state index contributed by atoms with van der Waals surface area (Å²) < 4.78 is 19.0. The average Bonchev–Trinajstić information content (AvgIpc) is 3.46. The molecule has 2 aliphatic rings. The maximum absolute atomic E-state index is 16.9. The molecule has 0 radical (unpaired) electrons. The highest BCUT2D eigenvalue weighted by Crippen LogP contribution is 2.43. The summed E-state index contributed by atoms with van der Waals surface area (Å²) in [5.41, 5.74) is 3.18. The number of nitrogens with zero attached hydrogens (tertiary/aromatic N) is 8. The van der Waals surface area contributed by atoms with Gasteiger partial charge in [-0.25, -0.2) is 20.9 Å². The van der Waals surface area contributed by atoms with E-state index in [0.29, 0.717) is 53.2 Å². The molecule has 228 valence electrons. The van der Waals surface area contributed by atoms with Crippen LogP contribution in [0.1, 0.15) is 18.9 Å². The van der Waals surface area contributed by atoms with Crippen LogP contribution in [-0.4, -0.2) is 87.6 Å². The molecule has 2 aliphatic heterocycles. The molecule has 0 aliphatic carbocycles. The Bertz CT molecular complexity index is 2020. The minimum absolute atomic E-state index is 0.0660. The van der Waals surface area contributed by atoms with Crippen LogP contribution in [0.5, 0.6) is 0 Å². The zero-order valence-corrected chi connectivity index (χ0v) is 25.9. The standard InChI is InChI=1S/C34H32ClFN8O/c1-5-27(45)43-13-11-21(14-22(43)16-37-2)44-19-39-32-33(44)25-15-26(35)28(24-10-6-8-20-9-7-12-38-30(20)24)29(36)31(25)40-34(32)42-17-23(18-42)41(3)4/h5-10,12,15,19,21-23H,1,11,13-14,16-18H2,3-4H3/t21-,22-/m0/s1. The zero-order valence-electron chi connectivity index (χ0n) is 25.1. The Morgan fingerprint density at radius 1 is 1.20 bits per heavy atom. The first-order valence-corrected chi connectivity index (χ1v) is 15.4. The van der Waals surface area contributed by atoms with Crippen molar-refractivity contribution in [2.24, 2.45) is 0 Å². The largest absolute Gasteiger partial charge is 0.351 e. The normalized spacial score (nSPS) is 18.9. The van der Waals surface area contributed by atoms with Crippen LogP contribution in [0.25, 0.3) is 48.8 Å². The second-order valence-corrected chi connectivity index (χ2v) is 12.4. The lowest BCUT2D eigenvalue weighted by atomic mass is 9.95. The number of carbonyl (C=O) groups is 1. The van der Waals surface area contributed by atoms with E-state index in [0.717, 1.165) is 24.0 Å². The molecule has 45 heavy (non-hydrogen) atoms. The number of fused-ring (bicyclic) bond motifs is 4. The number of halogens is 2. The maximum Gasteiger partial charge on any atom is 0.246 e. The molecular weight excluding hydrogens is 591 g/mol. The summed E-state index contributed by atoms with van der Waals surface area (Å²) in [6.45, 7) is 13.3. The van der Waals surface area contributed by atoms with Crippen molar-refractivity contribution in [3.63, 3.8) is 0 Å². The van der Waals surface area contributed by atoms with E-state index in [2.05, 4.69) is 44.9 Å². The molecule has 9 nitrogen and oxygen atoms in total. The summed E-state index contributed by atoms with van der Waals surface area (Å²) in [5, 5.41) is 1.72. The molecule has 0 N–H and O–H groups in total. The quantitative estimate of drug-likeness (QED) is 0.171. The lowest BCUT2D eigenvalue weighted by Crippen LogP contribution is -2.57. The molecule has 2 saturated heterocycles. The van der Waals surface area contributed by atoms with E-state index in [4.69, 9.17) is 28.1 Å². The minimum atomic E-state index is -0.506. The number of para-hydroxylation sites is 1. The number of amides is 1. The zero-order chi connectivity index (χ0) is 31.4. The molecule has 1 amide bonds. The number of rotatable bonds is 6. The van der Waals surface area contributed by atoms with Gasteiger partial charge in [0.05, 0.1) is 22.4 Å². The van der Waals surface area contributed by atoms with Crippen molar-refractivity contribution in [3.8, 4) is 11.1 Å². The van der Waals surface area contributed by atoms with Crippen molar-refractivity contribution in [2.45, 2.75) is 31.0 Å². The van der Waals surface area contributed by atoms with Crippen molar-refractivity contribution >= 4 is 56.2 Å². The summed E-state index contributed by atoms with van der Waals surface area (Å²) >= 11 is 6.95. The van der Waals surface area contributed by atoms with E-state index >= 15 is 4.39 Å². The van der Waals surface area contributed by atoms with Crippen molar-refractivity contribution in [2.75, 3.05) is 45.2 Å². The highest BCUT2D eigenvalue weighted by Gasteiger charge is 2.36. The van der Waals surface area contributed by atoms with Crippen molar-refractivity contribution in [1.82, 2.24) is 29.3 Å². The number of benzene rings is 2. The monoisotopic (exact) mass is 622 g/mol. The predicted molar refractivity (Wildman–Crippen MR) is 176 cm³/mol. The van der Waals surface area contributed by atoms with Gasteiger partial charge < -0.3 is 24.1 Å². The number of likely N-dealkylation sites (tertiary alicyclic amines) is 1. The SMILES string of the molecule is [C-]#[N+]C[C@@H]1C[C@@H](n2cnc3c(N4CC(N(C)C)C4)nc4c(F)c(-c5cccc6cccnc56)c(Cl)cc4c32)CCN1C(=O)C=C. The summed E-state index contributed by atoms with van der Waals surface area (Å²) in [5.74, 6) is -0.0462. The van der Waals surface area contributed by atoms with Gasteiger partial charge in [-0.1, -0.05) is 42.4 Å². The molecule has 11 heteroatoms. The smallest absolute Gasteiger partial charge is 0.246 e. The molecule has 0 spiro atoms.